The molecule has 7 nitrogen and oxygen atoms in total. The number of hydrogen-bond acceptors (Lipinski definition) is 6. The molecule has 1 fully saturated rings. The summed E-state index contributed by atoms with van der Waals surface area (Å²) in [5, 5.41) is 11.6. The van der Waals surface area contributed by atoms with Crippen molar-refractivity contribution in [3.63, 3.8) is 0 Å². The van der Waals surface area contributed by atoms with Crippen molar-refractivity contribution in [2.45, 2.75) is 24.9 Å². The molecule has 2 aromatic rings. The van der Waals surface area contributed by atoms with Crippen molar-refractivity contribution in [2.75, 3.05) is 25.5 Å². The normalized spacial score (nSPS) is 20.0. The second-order valence-corrected chi connectivity index (χ2v) is 6.44. The number of aliphatic imine (C=N–C) groups is 1. The van der Waals surface area contributed by atoms with E-state index in [1.54, 1.807) is 10.9 Å². The van der Waals surface area contributed by atoms with Gasteiger partial charge in [0.1, 0.15) is 17.3 Å². The van der Waals surface area contributed by atoms with E-state index >= 15 is 0 Å². The average Bonchev–Trinajstić information content (AvgIpc) is 3.16. The fourth-order valence-corrected chi connectivity index (χ4v) is 3.33. The highest BCUT2D eigenvalue weighted by molar-refractivity contribution is 5.99. The van der Waals surface area contributed by atoms with Crippen molar-refractivity contribution in [2.24, 2.45) is 12.0 Å². The largest absolute Gasteiger partial charge is 0.467 e. The molecule has 0 amide bonds. The van der Waals surface area contributed by atoms with Gasteiger partial charge in [-0.05, 0) is 32.0 Å². The molecule has 0 atom stereocenters. The second kappa shape index (κ2) is 5.42. The highest BCUT2D eigenvalue weighted by Gasteiger charge is 2.42. The van der Waals surface area contributed by atoms with Gasteiger partial charge in [0.2, 0.25) is 0 Å². The Bertz CT molecular complexity index is 709. The van der Waals surface area contributed by atoms with E-state index in [9.17, 15) is 0 Å². The highest BCUT2D eigenvalue weighted by atomic mass is 16.3. The topological polar surface area (TPSA) is 70.6 Å². The monoisotopic (exact) mass is 314 g/mol. The lowest BCUT2D eigenvalue weighted by atomic mass is 9.85. The number of amidine groups is 1. The molecule has 0 bridgehead atoms. The maximum atomic E-state index is 5.43. The smallest absolute Gasteiger partial charge is 0.199 e. The van der Waals surface area contributed by atoms with Gasteiger partial charge in [-0.1, -0.05) is 0 Å². The molecule has 4 heterocycles. The number of furan rings is 1. The summed E-state index contributed by atoms with van der Waals surface area (Å²) in [5.41, 5.74) is 0.871. The SMILES string of the molecule is CN1CCC2(CC1)Nc1cn(C)nc1N=C2NCc1ccco1. The molecule has 0 unspecified atom stereocenters. The summed E-state index contributed by atoms with van der Waals surface area (Å²) >= 11 is 0. The van der Waals surface area contributed by atoms with Gasteiger partial charge in [-0.25, -0.2) is 4.99 Å². The van der Waals surface area contributed by atoms with Gasteiger partial charge >= 0.3 is 0 Å². The molecule has 2 aliphatic rings. The molecule has 2 aromatic heterocycles. The number of anilines is 1. The fraction of sp³-hybridized carbons (Fsp3) is 0.500. The van der Waals surface area contributed by atoms with Crippen molar-refractivity contribution < 1.29 is 4.42 Å². The molecule has 4 rings (SSSR count). The van der Waals surface area contributed by atoms with Crippen molar-refractivity contribution in [3.05, 3.63) is 30.4 Å². The molecule has 23 heavy (non-hydrogen) atoms. The Kier molecular flexibility index (Phi) is 3.37. The Morgan fingerprint density at radius 2 is 2.17 bits per heavy atom. The Morgan fingerprint density at radius 1 is 1.35 bits per heavy atom. The molecule has 0 saturated carbocycles. The number of fused-ring (bicyclic) bond motifs is 1. The standard InChI is InChI=1S/C16H22N6O/c1-21-7-5-16(6-8-21)15(17-10-12-4-3-9-23-12)18-14-13(19-16)11-22(2)20-14/h3-4,9,11,19H,5-8,10H2,1-2H3,(H,17,18,20). The van der Waals surface area contributed by atoms with Crippen molar-refractivity contribution in [1.29, 1.82) is 0 Å². The summed E-state index contributed by atoms with van der Waals surface area (Å²) in [6.07, 6.45) is 5.73. The molecule has 2 aliphatic heterocycles. The minimum Gasteiger partial charge on any atom is -0.467 e. The van der Waals surface area contributed by atoms with Gasteiger partial charge in [0.25, 0.3) is 0 Å². The van der Waals surface area contributed by atoms with Crippen LogP contribution in [0, 0.1) is 0 Å². The van der Waals surface area contributed by atoms with Gasteiger partial charge < -0.3 is 20.0 Å². The summed E-state index contributed by atoms with van der Waals surface area (Å²) < 4.78 is 7.23. The molecule has 2 N–H and O–H groups in total. The maximum absolute atomic E-state index is 5.43. The van der Waals surface area contributed by atoms with Crippen molar-refractivity contribution >= 4 is 17.3 Å². The summed E-state index contributed by atoms with van der Waals surface area (Å²) in [6, 6.07) is 3.87. The summed E-state index contributed by atoms with van der Waals surface area (Å²) in [7, 11) is 4.09. The summed E-state index contributed by atoms with van der Waals surface area (Å²) in [6.45, 7) is 2.72. The van der Waals surface area contributed by atoms with Crippen LogP contribution in [0.1, 0.15) is 18.6 Å². The zero-order valence-electron chi connectivity index (χ0n) is 13.5. The molecule has 122 valence electrons. The zero-order chi connectivity index (χ0) is 15.9. The number of nitrogens with zero attached hydrogens (tertiary/aromatic N) is 4. The van der Waals surface area contributed by atoms with Gasteiger partial charge in [-0.3, -0.25) is 4.68 Å². The molecule has 7 heteroatoms. The second-order valence-electron chi connectivity index (χ2n) is 6.44. The number of likely N-dealkylation sites (tertiary alicyclic amines) is 1. The lowest BCUT2D eigenvalue weighted by Crippen LogP contribution is -2.58. The first kappa shape index (κ1) is 14.3. The third-order valence-electron chi connectivity index (χ3n) is 4.71. The Hall–Kier alpha value is -2.28. The average molecular weight is 314 g/mol. The molecule has 0 aliphatic carbocycles. The van der Waals surface area contributed by atoms with Crippen molar-refractivity contribution in [3.8, 4) is 0 Å². The Labute approximate surface area is 135 Å². The molecule has 1 spiro atoms. The third-order valence-corrected chi connectivity index (χ3v) is 4.71. The van der Waals surface area contributed by atoms with Crippen LogP contribution in [-0.4, -0.2) is 46.2 Å². The van der Waals surface area contributed by atoms with Crippen LogP contribution in [0.25, 0.3) is 0 Å². The molecule has 0 radical (unpaired) electrons. The number of aromatic nitrogens is 2. The Balaban J connectivity index is 1.63. The maximum Gasteiger partial charge on any atom is 0.199 e. The lowest BCUT2D eigenvalue weighted by molar-refractivity contribution is 0.238. The van der Waals surface area contributed by atoms with Crippen LogP contribution in [0.5, 0.6) is 0 Å². The van der Waals surface area contributed by atoms with E-state index in [1.165, 1.54) is 0 Å². The predicted octanol–water partition coefficient (Wildman–Crippen LogP) is 1.72. The van der Waals surface area contributed by atoms with Crippen molar-refractivity contribution in [1.82, 2.24) is 20.0 Å². The van der Waals surface area contributed by atoms with E-state index in [1.807, 2.05) is 25.4 Å². The van der Waals surface area contributed by atoms with E-state index in [2.05, 4.69) is 27.7 Å². The van der Waals surface area contributed by atoms with Crippen LogP contribution in [0.15, 0.2) is 34.0 Å². The molecular weight excluding hydrogens is 292 g/mol. The molecule has 0 aromatic carbocycles. The number of rotatable bonds is 2. The van der Waals surface area contributed by atoms with Gasteiger partial charge in [0, 0.05) is 20.1 Å². The Morgan fingerprint density at radius 3 is 2.91 bits per heavy atom. The van der Waals surface area contributed by atoms with Crippen LogP contribution in [0.3, 0.4) is 0 Å². The number of aryl methyl sites for hydroxylation is 1. The first-order chi connectivity index (χ1) is 11.1. The van der Waals surface area contributed by atoms with E-state index in [0.29, 0.717) is 6.54 Å². The quantitative estimate of drug-likeness (QED) is 0.883. The first-order valence-corrected chi connectivity index (χ1v) is 8.00. The minimum absolute atomic E-state index is 0.144. The lowest BCUT2D eigenvalue weighted by Gasteiger charge is -2.44. The third kappa shape index (κ3) is 2.61. The van der Waals surface area contributed by atoms with E-state index in [0.717, 1.165) is 49.0 Å². The number of piperidine rings is 1. The van der Waals surface area contributed by atoms with E-state index in [4.69, 9.17) is 9.41 Å². The van der Waals surface area contributed by atoms with Crippen LogP contribution in [0.2, 0.25) is 0 Å². The molecular formula is C16H22N6O. The van der Waals surface area contributed by atoms with Gasteiger partial charge in [0.05, 0.1) is 24.5 Å². The van der Waals surface area contributed by atoms with E-state index in [-0.39, 0.29) is 5.54 Å². The van der Waals surface area contributed by atoms with Gasteiger partial charge in [-0.2, -0.15) is 5.10 Å². The summed E-state index contributed by atoms with van der Waals surface area (Å²) in [5.74, 6) is 2.62. The van der Waals surface area contributed by atoms with Crippen LogP contribution in [-0.2, 0) is 13.6 Å². The zero-order valence-corrected chi connectivity index (χ0v) is 13.5. The fourth-order valence-electron chi connectivity index (χ4n) is 3.33. The summed E-state index contributed by atoms with van der Waals surface area (Å²) in [4.78, 5) is 7.18. The van der Waals surface area contributed by atoms with Crippen LogP contribution in [0.4, 0.5) is 11.5 Å². The predicted molar refractivity (Wildman–Crippen MR) is 88.9 cm³/mol. The van der Waals surface area contributed by atoms with Gasteiger partial charge in [-0.15, -0.1) is 0 Å². The first-order valence-electron chi connectivity index (χ1n) is 8.00. The number of nitrogens with one attached hydrogen (secondary N) is 2. The molecule has 1 saturated heterocycles. The van der Waals surface area contributed by atoms with Crippen LogP contribution < -0.4 is 10.6 Å². The van der Waals surface area contributed by atoms with Gasteiger partial charge in [0.15, 0.2) is 5.82 Å². The van der Waals surface area contributed by atoms with E-state index < -0.39 is 0 Å². The minimum atomic E-state index is -0.144. The highest BCUT2D eigenvalue weighted by Crippen LogP contribution is 2.36. The number of hydrogen-bond donors (Lipinski definition) is 2. The van der Waals surface area contributed by atoms with Crippen LogP contribution >= 0.6 is 0 Å².